The Morgan fingerprint density at radius 2 is 2.17 bits per heavy atom. The largest absolute Gasteiger partial charge is 0.339 e. The number of likely N-dealkylation sites (tertiary alicyclic amines) is 1. The Kier molecular flexibility index (Phi) is 2.30. The fourth-order valence-electron chi connectivity index (χ4n) is 2.41. The second kappa shape index (κ2) is 3.63. The highest BCUT2D eigenvalue weighted by Gasteiger charge is 2.46. The van der Waals surface area contributed by atoms with Gasteiger partial charge in [-0.2, -0.15) is 0 Å². The molecule has 1 amide bonds. The van der Waals surface area contributed by atoms with Gasteiger partial charge in [0, 0.05) is 19.8 Å². The van der Waals surface area contributed by atoms with E-state index in [2.05, 4.69) is 4.99 Å². The summed E-state index contributed by atoms with van der Waals surface area (Å²) in [6.07, 6.45) is 2.53. The highest BCUT2D eigenvalue weighted by Crippen LogP contribution is 2.29. The summed E-state index contributed by atoms with van der Waals surface area (Å²) in [6.45, 7) is -0.238. The quantitative estimate of drug-likeness (QED) is 0.738. The molecule has 2 aliphatic rings. The summed E-state index contributed by atoms with van der Waals surface area (Å²) in [6, 6.07) is 1.79. The number of aliphatic imine (C=N–C) groups is 1. The molecular weight excluding hydrogens is 240 g/mol. The van der Waals surface area contributed by atoms with Crippen LogP contribution in [-0.2, 0) is 13.5 Å². The summed E-state index contributed by atoms with van der Waals surface area (Å²) in [5, 5.41) is 0. The molecule has 4 nitrogen and oxygen atoms in total. The predicted molar refractivity (Wildman–Crippen MR) is 62.4 cm³/mol. The number of alkyl halides is 2. The number of nitrogens with zero attached hydrogens (tertiary/aromatic N) is 3. The zero-order valence-corrected chi connectivity index (χ0v) is 9.99. The molecule has 2 aliphatic heterocycles. The SMILES string of the molecule is Cn1c(C(=O)N2CC(F)(F)C2)cc2c1C=NCC2. The van der Waals surface area contributed by atoms with E-state index in [4.69, 9.17) is 0 Å². The number of fused-ring (bicyclic) bond motifs is 1. The van der Waals surface area contributed by atoms with E-state index in [0.717, 1.165) is 17.7 Å². The van der Waals surface area contributed by atoms with Crippen LogP contribution in [0.15, 0.2) is 11.1 Å². The van der Waals surface area contributed by atoms with Gasteiger partial charge in [0.05, 0.1) is 18.8 Å². The molecule has 1 saturated heterocycles. The average molecular weight is 253 g/mol. The summed E-state index contributed by atoms with van der Waals surface area (Å²) in [4.78, 5) is 17.4. The van der Waals surface area contributed by atoms with Crippen LogP contribution in [0.4, 0.5) is 8.78 Å². The van der Waals surface area contributed by atoms with E-state index < -0.39 is 19.0 Å². The van der Waals surface area contributed by atoms with Gasteiger partial charge in [-0.25, -0.2) is 8.78 Å². The summed E-state index contributed by atoms with van der Waals surface area (Å²) in [7, 11) is 1.77. The van der Waals surface area contributed by atoms with Crippen LogP contribution < -0.4 is 0 Å². The van der Waals surface area contributed by atoms with Crippen LogP contribution in [0.2, 0.25) is 0 Å². The fourth-order valence-corrected chi connectivity index (χ4v) is 2.41. The van der Waals surface area contributed by atoms with E-state index in [-0.39, 0.29) is 5.91 Å². The molecule has 96 valence electrons. The molecule has 1 aromatic rings. The van der Waals surface area contributed by atoms with Crippen LogP contribution in [0.3, 0.4) is 0 Å². The Morgan fingerprint density at radius 1 is 1.44 bits per heavy atom. The molecule has 0 N–H and O–H groups in total. The van der Waals surface area contributed by atoms with Crippen molar-refractivity contribution in [3.8, 4) is 0 Å². The molecule has 18 heavy (non-hydrogen) atoms. The maximum atomic E-state index is 12.8. The number of aromatic nitrogens is 1. The molecule has 0 unspecified atom stereocenters. The van der Waals surface area contributed by atoms with Gasteiger partial charge in [0.25, 0.3) is 11.8 Å². The Hall–Kier alpha value is -1.72. The maximum absolute atomic E-state index is 12.8. The van der Waals surface area contributed by atoms with E-state index in [0.29, 0.717) is 12.2 Å². The van der Waals surface area contributed by atoms with Gasteiger partial charge in [0.15, 0.2) is 0 Å². The van der Waals surface area contributed by atoms with Crippen molar-refractivity contribution in [2.75, 3.05) is 19.6 Å². The molecule has 3 rings (SSSR count). The minimum atomic E-state index is -2.72. The van der Waals surface area contributed by atoms with Gasteiger partial charge in [-0.3, -0.25) is 9.79 Å². The van der Waals surface area contributed by atoms with E-state index in [1.165, 1.54) is 4.90 Å². The van der Waals surface area contributed by atoms with Crippen LogP contribution in [-0.4, -0.2) is 47.1 Å². The lowest BCUT2D eigenvalue weighted by molar-refractivity contribution is -0.113. The van der Waals surface area contributed by atoms with Gasteiger partial charge in [0.1, 0.15) is 5.69 Å². The standard InChI is InChI=1S/C12H13F2N3O/c1-16-9(4-8-2-3-15-5-10(8)16)11(18)17-6-12(13,14)7-17/h4-5H,2-3,6-7H2,1H3. The van der Waals surface area contributed by atoms with Gasteiger partial charge >= 0.3 is 0 Å². The van der Waals surface area contributed by atoms with Crippen LogP contribution in [0.1, 0.15) is 21.7 Å². The molecule has 0 atom stereocenters. The van der Waals surface area contributed by atoms with Crippen molar-refractivity contribution < 1.29 is 13.6 Å². The third kappa shape index (κ3) is 1.63. The Morgan fingerprint density at radius 3 is 2.78 bits per heavy atom. The maximum Gasteiger partial charge on any atom is 0.282 e. The molecule has 0 radical (unpaired) electrons. The second-order valence-corrected chi connectivity index (χ2v) is 4.80. The van der Waals surface area contributed by atoms with Gasteiger partial charge in [-0.15, -0.1) is 0 Å². The number of hydrogen-bond acceptors (Lipinski definition) is 2. The minimum absolute atomic E-state index is 0.328. The van der Waals surface area contributed by atoms with Crippen LogP contribution in [0.5, 0.6) is 0 Å². The zero-order valence-electron chi connectivity index (χ0n) is 9.99. The topological polar surface area (TPSA) is 37.6 Å². The minimum Gasteiger partial charge on any atom is -0.339 e. The van der Waals surface area contributed by atoms with Crippen LogP contribution in [0, 0.1) is 0 Å². The smallest absolute Gasteiger partial charge is 0.282 e. The first-order valence-electron chi connectivity index (χ1n) is 5.83. The predicted octanol–water partition coefficient (Wildman–Crippen LogP) is 1.09. The average Bonchev–Trinajstić information content (AvgIpc) is 2.63. The van der Waals surface area contributed by atoms with Crippen molar-refractivity contribution in [2.45, 2.75) is 12.3 Å². The molecule has 0 aromatic carbocycles. The molecule has 1 aromatic heterocycles. The fraction of sp³-hybridized carbons (Fsp3) is 0.500. The van der Waals surface area contributed by atoms with Crippen molar-refractivity contribution in [2.24, 2.45) is 12.0 Å². The van der Waals surface area contributed by atoms with Gasteiger partial charge in [-0.1, -0.05) is 0 Å². The summed E-state index contributed by atoms with van der Waals surface area (Å²) >= 11 is 0. The third-order valence-electron chi connectivity index (χ3n) is 3.44. The number of halogens is 2. The molecule has 0 aliphatic carbocycles. The molecular formula is C12H13F2N3O. The lowest BCUT2D eigenvalue weighted by Gasteiger charge is -2.38. The first-order valence-corrected chi connectivity index (χ1v) is 5.83. The molecule has 0 bridgehead atoms. The van der Waals surface area contributed by atoms with E-state index in [1.807, 2.05) is 0 Å². The molecule has 0 saturated carbocycles. The first kappa shape index (κ1) is 11.4. The molecule has 3 heterocycles. The number of amides is 1. The Balaban J connectivity index is 1.87. The van der Waals surface area contributed by atoms with Crippen molar-refractivity contribution >= 4 is 12.1 Å². The van der Waals surface area contributed by atoms with Crippen molar-refractivity contribution in [3.05, 3.63) is 23.0 Å². The number of carbonyl (C=O) groups excluding carboxylic acids is 1. The molecule has 1 fully saturated rings. The molecule has 0 spiro atoms. The Labute approximate surface area is 103 Å². The zero-order chi connectivity index (χ0) is 12.9. The molecule has 6 heteroatoms. The number of rotatable bonds is 1. The monoisotopic (exact) mass is 253 g/mol. The number of carbonyl (C=O) groups is 1. The Bertz CT molecular complexity index is 540. The highest BCUT2D eigenvalue weighted by molar-refractivity contribution is 5.96. The van der Waals surface area contributed by atoms with Crippen LogP contribution in [0.25, 0.3) is 0 Å². The lowest BCUT2D eigenvalue weighted by atomic mass is 10.1. The third-order valence-corrected chi connectivity index (χ3v) is 3.44. The highest BCUT2D eigenvalue weighted by atomic mass is 19.3. The second-order valence-electron chi connectivity index (χ2n) is 4.80. The van der Waals surface area contributed by atoms with Gasteiger partial charge in [-0.05, 0) is 18.1 Å². The van der Waals surface area contributed by atoms with E-state index >= 15 is 0 Å². The van der Waals surface area contributed by atoms with E-state index in [9.17, 15) is 13.6 Å². The van der Waals surface area contributed by atoms with Gasteiger partial charge in [0.2, 0.25) is 0 Å². The van der Waals surface area contributed by atoms with Gasteiger partial charge < -0.3 is 9.47 Å². The summed E-state index contributed by atoms with van der Waals surface area (Å²) in [5.41, 5.74) is 2.42. The first-order chi connectivity index (χ1) is 8.48. The normalized spacial score (nSPS) is 20.5. The van der Waals surface area contributed by atoms with Crippen LogP contribution >= 0.6 is 0 Å². The summed E-state index contributed by atoms with van der Waals surface area (Å²) in [5.74, 6) is -3.05. The summed E-state index contributed by atoms with van der Waals surface area (Å²) < 4.78 is 27.3. The number of hydrogen-bond donors (Lipinski definition) is 0. The van der Waals surface area contributed by atoms with Crippen molar-refractivity contribution in [1.29, 1.82) is 0 Å². The van der Waals surface area contributed by atoms with Crippen molar-refractivity contribution in [1.82, 2.24) is 9.47 Å². The van der Waals surface area contributed by atoms with Crippen molar-refractivity contribution in [3.63, 3.8) is 0 Å². The van der Waals surface area contributed by atoms with E-state index in [1.54, 1.807) is 23.9 Å². The lowest BCUT2D eigenvalue weighted by Crippen LogP contribution is -2.58.